The van der Waals surface area contributed by atoms with Crippen molar-refractivity contribution in [2.24, 2.45) is 5.73 Å². The molecule has 3 aromatic carbocycles. The van der Waals surface area contributed by atoms with Crippen LogP contribution in [0.15, 0.2) is 60.7 Å². The monoisotopic (exact) mass is 484 g/mol. The van der Waals surface area contributed by atoms with Gasteiger partial charge in [0.25, 0.3) is 11.8 Å². The summed E-state index contributed by atoms with van der Waals surface area (Å²) in [4.78, 5) is 29.5. The Labute approximate surface area is 206 Å². The fourth-order valence-corrected chi connectivity index (χ4v) is 4.44. The Kier molecular flexibility index (Phi) is 5.81. The summed E-state index contributed by atoms with van der Waals surface area (Å²) >= 11 is 0. The quantitative estimate of drug-likeness (QED) is 0.359. The molecule has 2 heterocycles. The van der Waals surface area contributed by atoms with Crippen molar-refractivity contribution < 1.29 is 23.8 Å². The standard InChI is InChI=1S/C27H24N4O5/c1-15-29-19-10-6-4-8-17(19)25-24(18-9-5-7-11-20(18)31(15)25)30-27(33)16-12-21(34-2)26(22(13-16)35-3)36-14-23(28)32/h4-13H,14H2,1-3H3,(H2,28,32)(H,30,33). The van der Waals surface area contributed by atoms with Gasteiger partial charge in [0.2, 0.25) is 5.75 Å². The highest BCUT2D eigenvalue weighted by molar-refractivity contribution is 6.19. The number of nitrogens with one attached hydrogen (secondary N) is 1. The lowest BCUT2D eigenvalue weighted by molar-refractivity contribution is -0.120. The summed E-state index contributed by atoms with van der Waals surface area (Å²) in [5.41, 5.74) is 8.78. The van der Waals surface area contributed by atoms with Gasteiger partial charge in [-0.15, -0.1) is 0 Å². The van der Waals surface area contributed by atoms with E-state index < -0.39 is 5.91 Å². The van der Waals surface area contributed by atoms with E-state index in [1.54, 1.807) is 0 Å². The molecule has 5 rings (SSSR count). The number of carbonyl (C=O) groups excluding carboxylic acids is 2. The summed E-state index contributed by atoms with van der Waals surface area (Å²) in [6.45, 7) is 1.58. The third kappa shape index (κ3) is 3.80. The van der Waals surface area contributed by atoms with Crippen LogP contribution in [0.2, 0.25) is 0 Å². The highest BCUT2D eigenvalue weighted by Gasteiger charge is 2.22. The van der Waals surface area contributed by atoms with Gasteiger partial charge in [0.15, 0.2) is 18.1 Å². The van der Waals surface area contributed by atoms with Gasteiger partial charge >= 0.3 is 0 Å². The molecular weight excluding hydrogens is 460 g/mol. The molecule has 0 fully saturated rings. The number of benzene rings is 3. The Morgan fingerprint density at radius 2 is 1.61 bits per heavy atom. The first-order chi connectivity index (χ1) is 17.4. The highest BCUT2D eigenvalue weighted by atomic mass is 16.5. The maximum absolute atomic E-state index is 13.6. The van der Waals surface area contributed by atoms with Crippen molar-refractivity contribution in [3.05, 3.63) is 72.1 Å². The molecular formula is C27H24N4O5. The number of ether oxygens (including phenoxy) is 3. The van der Waals surface area contributed by atoms with E-state index in [9.17, 15) is 9.59 Å². The molecule has 0 aliphatic carbocycles. The first kappa shape index (κ1) is 23.0. The number of methoxy groups -OCH3 is 2. The number of carbonyl (C=O) groups is 2. The van der Waals surface area contributed by atoms with Gasteiger partial charge in [0.1, 0.15) is 5.82 Å². The summed E-state index contributed by atoms with van der Waals surface area (Å²) in [5, 5.41) is 4.90. The molecule has 5 aromatic rings. The van der Waals surface area contributed by atoms with Crippen LogP contribution in [0.4, 0.5) is 5.69 Å². The summed E-state index contributed by atoms with van der Waals surface area (Å²) in [7, 11) is 2.87. The normalized spacial score (nSPS) is 11.1. The molecule has 0 unspecified atom stereocenters. The molecule has 9 heteroatoms. The molecule has 0 spiro atoms. The largest absolute Gasteiger partial charge is 0.493 e. The summed E-state index contributed by atoms with van der Waals surface area (Å²) in [6, 6.07) is 18.7. The minimum Gasteiger partial charge on any atom is -0.493 e. The van der Waals surface area contributed by atoms with E-state index in [0.29, 0.717) is 5.69 Å². The molecule has 0 saturated heterocycles. The van der Waals surface area contributed by atoms with Crippen LogP contribution in [0.5, 0.6) is 17.2 Å². The predicted molar refractivity (Wildman–Crippen MR) is 137 cm³/mol. The van der Waals surface area contributed by atoms with Crippen LogP contribution in [0.25, 0.3) is 27.3 Å². The van der Waals surface area contributed by atoms with Crippen molar-refractivity contribution >= 4 is 44.8 Å². The Morgan fingerprint density at radius 3 is 2.28 bits per heavy atom. The number of para-hydroxylation sites is 2. The Hall–Kier alpha value is -4.79. The van der Waals surface area contributed by atoms with Gasteiger partial charge in [-0.1, -0.05) is 36.4 Å². The van der Waals surface area contributed by atoms with Gasteiger partial charge in [-0.2, -0.15) is 0 Å². The topological polar surface area (TPSA) is 117 Å². The minimum atomic E-state index is -0.648. The van der Waals surface area contributed by atoms with E-state index in [-0.39, 0.29) is 35.3 Å². The van der Waals surface area contributed by atoms with Crippen molar-refractivity contribution in [2.45, 2.75) is 6.92 Å². The molecule has 36 heavy (non-hydrogen) atoms. The Balaban J connectivity index is 1.66. The summed E-state index contributed by atoms with van der Waals surface area (Å²) < 4.78 is 18.3. The Morgan fingerprint density at radius 1 is 0.972 bits per heavy atom. The molecule has 3 N–H and O–H groups in total. The molecule has 2 aromatic heterocycles. The molecule has 0 bridgehead atoms. The van der Waals surface area contributed by atoms with E-state index in [1.807, 2.05) is 55.5 Å². The first-order valence-electron chi connectivity index (χ1n) is 11.2. The number of fused-ring (bicyclic) bond motifs is 5. The smallest absolute Gasteiger partial charge is 0.256 e. The van der Waals surface area contributed by atoms with Crippen LogP contribution in [-0.4, -0.2) is 42.0 Å². The van der Waals surface area contributed by atoms with Crippen LogP contribution in [0.1, 0.15) is 16.2 Å². The van der Waals surface area contributed by atoms with Crippen LogP contribution in [-0.2, 0) is 4.79 Å². The molecule has 182 valence electrons. The number of hydrogen-bond donors (Lipinski definition) is 2. The van der Waals surface area contributed by atoms with Crippen LogP contribution < -0.4 is 25.3 Å². The molecule has 0 saturated carbocycles. The van der Waals surface area contributed by atoms with Gasteiger partial charge < -0.3 is 25.3 Å². The zero-order valence-corrected chi connectivity index (χ0v) is 20.0. The lowest BCUT2D eigenvalue weighted by atomic mass is 10.1. The fourth-order valence-electron chi connectivity index (χ4n) is 4.44. The zero-order valence-electron chi connectivity index (χ0n) is 20.0. The van der Waals surface area contributed by atoms with E-state index in [1.165, 1.54) is 26.4 Å². The van der Waals surface area contributed by atoms with E-state index >= 15 is 0 Å². The second kappa shape index (κ2) is 9.10. The van der Waals surface area contributed by atoms with Crippen LogP contribution in [0, 0.1) is 6.92 Å². The van der Waals surface area contributed by atoms with Gasteiger partial charge in [-0.05, 0) is 31.2 Å². The summed E-state index contributed by atoms with van der Waals surface area (Å²) in [5.74, 6) is 0.438. The second-order valence-corrected chi connectivity index (χ2v) is 8.17. The van der Waals surface area contributed by atoms with E-state index in [2.05, 4.69) is 9.72 Å². The number of primary amides is 1. The zero-order chi connectivity index (χ0) is 25.4. The van der Waals surface area contributed by atoms with Crippen molar-refractivity contribution in [3.63, 3.8) is 0 Å². The third-order valence-corrected chi connectivity index (χ3v) is 5.96. The van der Waals surface area contributed by atoms with Crippen molar-refractivity contribution in [1.82, 2.24) is 9.38 Å². The van der Waals surface area contributed by atoms with E-state index in [4.69, 9.17) is 24.9 Å². The number of nitrogens with zero attached hydrogens (tertiary/aromatic N) is 2. The van der Waals surface area contributed by atoms with Gasteiger partial charge in [0, 0.05) is 16.3 Å². The number of aromatic nitrogens is 2. The number of nitrogens with two attached hydrogens (primary N) is 1. The average Bonchev–Trinajstić information content (AvgIpc) is 3.21. The second-order valence-electron chi connectivity index (χ2n) is 8.17. The van der Waals surface area contributed by atoms with Crippen molar-refractivity contribution in [2.75, 3.05) is 26.1 Å². The molecule has 0 radical (unpaired) electrons. The van der Waals surface area contributed by atoms with E-state index in [0.717, 1.165) is 33.1 Å². The van der Waals surface area contributed by atoms with Gasteiger partial charge in [0.05, 0.1) is 36.5 Å². The fraction of sp³-hybridized carbons (Fsp3) is 0.148. The maximum Gasteiger partial charge on any atom is 0.256 e. The molecule has 0 atom stereocenters. The average molecular weight is 485 g/mol. The van der Waals surface area contributed by atoms with Crippen molar-refractivity contribution in [3.8, 4) is 17.2 Å². The number of amides is 2. The first-order valence-corrected chi connectivity index (χ1v) is 11.2. The molecule has 2 amide bonds. The maximum atomic E-state index is 13.6. The number of anilines is 1. The predicted octanol–water partition coefficient (Wildman–Crippen LogP) is 4.08. The van der Waals surface area contributed by atoms with Gasteiger partial charge in [-0.25, -0.2) is 4.98 Å². The minimum absolute atomic E-state index is 0.183. The highest BCUT2D eigenvalue weighted by Crippen LogP contribution is 2.40. The lowest BCUT2D eigenvalue weighted by Crippen LogP contribution is -2.20. The SMILES string of the molecule is COc1cc(C(=O)Nc2c3ccccc3n3c(C)nc4ccccc4c23)cc(OC)c1OCC(N)=O. The van der Waals surface area contributed by atoms with Crippen LogP contribution >= 0.6 is 0 Å². The molecule has 9 nitrogen and oxygen atoms in total. The van der Waals surface area contributed by atoms with Crippen LogP contribution in [0.3, 0.4) is 0 Å². The number of rotatable bonds is 7. The summed E-state index contributed by atoms with van der Waals surface area (Å²) in [6.07, 6.45) is 0. The van der Waals surface area contributed by atoms with Gasteiger partial charge in [-0.3, -0.25) is 14.0 Å². The van der Waals surface area contributed by atoms with Crippen molar-refractivity contribution in [1.29, 1.82) is 0 Å². The lowest BCUT2D eigenvalue weighted by Gasteiger charge is -2.15. The molecule has 0 aliphatic rings. The Bertz CT molecular complexity index is 1630. The molecule has 0 aliphatic heterocycles. The number of aryl methyl sites for hydroxylation is 1. The third-order valence-electron chi connectivity index (χ3n) is 5.96. The number of hydrogen-bond acceptors (Lipinski definition) is 6.